The Morgan fingerprint density at radius 3 is 1.74 bits per heavy atom. The van der Waals surface area contributed by atoms with Crippen LogP contribution in [0.2, 0.25) is 0 Å². The van der Waals surface area contributed by atoms with Gasteiger partial charge in [-0.05, 0) is 71.1 Å². The molecule has 7 aromatic carbocycles. The molecule has 0 spiro atoms. The normalized spacial score (nSPS) is 12.0. The van der Waals surface area contributed by atoms with Crippen LogP contribution in [0.3, 0.4) is 0 Å². The standard InChI is InChI=1S/C42H17B9N2O/c43-33-30(34(44)37(47)39(49)36(33)46)18-12-15-28-23(16-18)31-27(10-5-11-29(31)54-28)53-24-8-3-1-6-20(24)22-17-19(13-14-26(22)53)52-25-9-4-2-7-21(25)32-35(45)38(48)40(50)41(51)42(32)52/h1-17H. The van der Waals surface area contributed by atoms with E-state index in [2.05, 4.69) is 45.5 Å². The van der Waals surface area contributed by atoms with Crippen LogP contribution >= 0.6 is 0 Å². The molecule has 10 aromatic rings. The Morgan fingerprint density at radius 1 is 0.389 bits per heavy atom. The molecule has 0 saturated heterocycles. The molecule has 0 N–H and O–H groups in total. The van der Waals surface area contributed by atoms with Crippen LogP contribution in [0, 0.1) is 0 Å². The molecule has 0 unspecified atom stereocenters. The van der Waals surface area contributed by atoms with Gasteiger partial charge in [0.05, 0.1) is 27.6 Å². The molecule has 0 atom stereocenters. The molecule has 3 heterocycles. The van der Waals surface area contributed by atoms with E-state index < -0.39 is 0 Å². The number of benzene rings is 7. The molecule has 0 amide bonds. The number of para-hydroxylation sites is 2. The van der Waals surface area contributed by atoms with E-state index in [4.69, 9.17) is 75.0 Å². The molecule has 228 valence electrons. The van der Waals surface area contributed by atoms with Gasteiger partial charge >= 0.3 is 0 Å². The molecule has 0 fully saturated rings. The van der Waals surface area contributed by atoms with Gasteiger partial charge in [-0.1, -0.05) is 70.4 Å². The summed E-state index contributed by atoms with van der Waals surface area (Å²) >= 11 is 0. The van der Waals surface area contributed by atoms with Gasteiger partial charge in [0.2, 0.25) is 0 Å². The van der Waals surface area contributed by atoms with Gasteiger partial charge in [-0.3, -0.25) is 0 Å². The predicted octanol–water partition coefficient (Wildman–Crippen LogP) is 0.591. The Balaban J connectivity index is 1.26. The summed E-state index contributed by atoms with van der Waals surface area (Å²) in [5.41, 5.74) is 10.5. The topological polar surface area (TPSA) is 23.0 Å². The van der Waals surface area contributed by atoms with Crippen LogP contribution in [0.4, 0.5) is 0 Å². The summed E-state index contributed by atoms with van der Waals surface area (Å²) in [4.78, 5) is 0. The third-order valence-electron chi connectivity index (χ3n) is 10.9. The summed E-state index contributed by atoms with van der Waals surface area (Å²) < 4.78 is 10.8. The van der Waals surface area contributed by atoms with Crippen LogP contribution in [0.25, 0.3) is 88.1 Å². The highest BCUT2D eigenvalue weighted by Crippen LogP contribution is 2.40. The lowest BCUT2D eigenvalue weighted by Gasteiger charge is -2.21. The second kappa shape index (κ2) is 11.8. The molecule has 12 heteroatoms. The van der Waals surface area contributed by atoms with E-state index >= 15 is 0 Å². The molecule has 18 radical (unpaired) electrons. The zero-order chi connectivity index (χ0) is 37.3. The fourth-order valence-corrected chi connectivity index (χ4v) is 8.26. The number of fused-ring (bicyclic) bond motifs is 9. The third-order valence-corrected chi connectivity index (χ3v) is 10.9. The first kappa shape index (κ1) is 33.1. The molecule has 0 aliphatic rings. The van der Waals surface area contributed by atoms with Crippen LogP contribution < -0.4 is 49.2 Å². The Morgan fingerprint density at radius 2 is 1.00 bits per heavy atom. The van der Waals surface area contributed by atoms with Crippen LogP contribution in [-0.2, 0) is 0 Å². The second-order valence-electron chi connectivity index (χ2n) is 13.7. The molecule has 0 aliphatic carbocycles. The minimum atomic E-state index is 0.167. The first-order valence-corrected chi connectivity index (χ1v) is 17.2. The summed E-state index contributed by atoms with van der Waals surface area (Å²) in [6, 6.07) is 34.6. The van der Waals surface area contributed by atoms with Gasteiger partial charge < -0.3 is 13.6 Å². The molecule has 0 aliphatic heterocycles. The maximum atomic E-state index is 6.72. The van der Waals surface area contributed by atoms with Gasteiger partial charge in [-0.2, -0.15) is 0 Å². The molecule has 3 aromatic heterocycles. The van der Waals surface area contributed by atoms with Crippen LogP contribution in [0.15, 0.2) is 108 Å². The van der Waals surface area contributed by atoms with Gasteiger partial charge in [0, 0.05) is 32.7 Å². The summed E-state index contributed by atoms with van der Waals surface area (Å²) in [6.07, 6.45) is 0. The van der Waals surface area contributed by atoms with Crippen molar-refractivity contribution >= 4 is 185 Å². The largest absolute Gasteiger partial charge is 0.456 e. The zero-order valence-electron chi connectivity index (χ0n) is 28.8. The number of nitrogens with zero attached hydrogens (tertiary/aromatic N) is 2. The maximum absolute atomic E-state index is 6.72. The minimum Gasteiger partial charge on any atom is -0.456 e. The van der Waals surface area contributed by atoms with E-state index in [1.54, 1.807) is 0 Å². The molecular formula is C42H17B9N2O. The smallest absolute Gasteiger partial charge is 0.137 e. The van der Waals surface area contributed by atoms with Gasteiger partial charge in [0.15, 0.2) is 0 Å². The Kier molecular flexibility index (Phi) is 7.21. The summed E-state index contributed by atoms with van der Waals surface area (Å²) in [7, 11) is 57.7. The van der Waals surface area contributed by atoms with Gasteiger partial charge in [0.1, 0.15) is 81.8 Å². The van der Waals surface area contributed by atoms with E-state index in [0.717, 1.165) is 71.4 Å². The summed E-state index contributed by atoms with van der Waals surface area (Å²) in [5.74, 6) is 0. The highest BCUT2D eigenvalue weighted by Gasteiger charge is 2.22. The monoisotopic (exact) mass is 664 g/mol. The summed E-state index contributed by atoms with van der Waals surface area (Å²) in [5, 5.41) is 5.56. The van der Waals surface area contributed by atoms with E-state index in [1.807, 2.05) is 66.7 Å². The predicted molar refractivity (Wildman–Crippen MR) is 236 cm³/mol. The Hall–Kier alpha value is -5.48. The van der Waals surface area contributed by atoms with Gasteiger partial charge in [-0.25, -0.2) is 0 Å². The van der Waals surface area contributed by atoms with E-state index in [0.29, 0.717) is 27.6 Å². The average molecular weight is 663 g/mol. The lowest BCUT2D eigenvalue weighted by Crippen LogP contribution is -2.55. The lowest BCUT2D eigenvalue weighted by molar-refractivity contribution is 0.669. The molecule has 3 nitrogen and oxygen atoms in total. The summed E-state index contributed by atoms with van der Waals surface area (Å²) in [6.45, 7) is 0. The highest BCUT2D eigenvalue weighted by molar-refractivity contribution is 6.69. The minimum absolute atomic E-state index is 0.167. The Bertz CT molecular complexity index is 3260. The lowest BCUT2D eigenvalue weighted by atomic mass is 9.59. The van der Waals surface area contributed by atoms with Crippen molar-refractivity contribution in [2.75, 3.05) is 0 Å². The van der Waals surface area contributed by atoms with Crippen LogP contribution in [-0.4, -0.2) is 79.8 Å². The van der Waals surface area contributed by atoms with Crippen molar-refractivity contribution in [3.05, 3.63) is 103 Å². The molecule has 54 heavy (non-hydrogen) atoms. The first-order valence-electron chi connectivity index (χ1n) is 17.2. The molecule has 0 saturated carbocycles. The third kappa shape index (κ3) is 4.37. The van der Waals surface area contributed by atoms with Crippen LogP contribution in [0.1, 0.15) is 0 Å². The second-order valence-corrected chi connectivity index (χ2v) is 13.7. The van der Waals surface area contributed by atoms with E-state index in [9.17, 15) is 0 Å². The fourth-order valence-electron chi connectivity index (χ4n) is 8.26. The average Bonchev–Trinajstić information content (AvgIpc) is 3.85. The van der Waals surface area contributed by atoms with E-state index in [1.165, 1.54) is 0 Å². The first-order chi connectivity index (χ1) is 26.1. The SMILES string of the molecule is [B]c1c([B])c([B])c(-c2ccc3oc4cccc(-n5c6ccccc6c6cc(-n7c8ccccc8c8c([B])c([B])c([B])c([B])c87)ccc65)c4c3c2)c([B])c1[B]. The van der Waals surface area contributed by atoms with Crippen molar-refractivity contribution in [1.82, 2.24) is 9.13 Å². The van der Waals surface area contributed by atoms with Crippen molar-refractivity contribution < 1.29 is 4.42 Å². The molecule has 0 bridgehead atoms. The highest BCUT2D eigenvalue weighted by atomic mass is 16.3. The fraction of sp³-hybridized carbons (Fsp3) is 0. The number of hydrogen-bond donors (Lipinski definition) is 0. The number of hydrogen-bond acceptors (Lipinski definition) is 1. The Labute approximate surface area is 323 Å². The van der Waals surface area contributed by atoms with Gasteiger partial charge in [0.25, 0.3) is 0 Å². The van der Waals surface area contributed by atoms with Gasteiger partial charge in [-0.15, -0.1) is 27.3 Å². The molecule has 10 rings (SSSR count). The van der Waals surface area contributed by atoms with E-state index in [-0.39, 0.29) is 38.2 Å². The van der Waals surface area contributed by atoms with Crippen molar-refractivity contribution in [2.45, 2.75) is 0 Å². The maximum Gasteiger partial charge on any atom is 0.137 e. The number of rotatable bonds is 3. The molecular weight excluding hydrogens is 646 g/mol. The van der Waals surface area contributed by atoms with Crippen molar-refractivity contribution in [3.8, 4) is 22.5 Å². The van der Waals surface area contributed by atoms with Crippen molar-refractivity contribution in [3.63, 3.8) is 0 Å². The quantitative estimate of drug-likeness (QED) is 0.254. The van der Waals surface area contributed by atoms with Crippen LogP contribution in [0.5, 0.6) is 0 Å². The van der Waals surface area contributed by atoms with Crippen molar-refractivity contribution in [2.24, 2.45) is 0 Å². The zero-order valence-corrected chi connectivity index (χ0v) is 28.8. The van der Waals surface area contributed by atoms with Crippen molar-refractivity contribution in [1.29, 1.82) is 0 Å². The number of furan rings is 1. The number of aromatic nitrogens is 2.